The van der Waals surface area contributed by atoms with Crippen molar-refractivity contribution in [2.24, 2.45) is 5.92 Å². The van der Waals surface area contributed by atoms with Gasteiger partial charge in [-0.3, -0.25) is 0 Å². The fraction of sp³-hybridized carbons (Fsp3) is 0.778. The maximum atomic E-state index is 6.91. The van der Waals surface area contributed by atoms with E-state index >= 15 is 0 Å². The monoisotopic (exact) mass is 148 g/mol. The van der Waals surface area contributed by atoms with E-state index in [-0.39, 0.29) is 12.1 Å². The number of hydrogen-bond donors (Lipinski definition) is 0. The van der Waals surface area contributed by atoms with E-state index in [1.165, 1.54) is 0 Å². The second-order valence-corrected chi connectivity index (χ2v) is 3.18. The van der Waals surface area contributed by atoms with Crippen molar-refractivity contribution < 1.29 is 0 Å². The Labute approximate surface area is 67.9 Å². The van der Waals surface area contributed by atoms with Gasteiger partial charge in [-0.05, 0) is 13.3 Å². The van der Waals surface area contributed by atoms with Crippen molar-refractivity contribution in [1.82, 2.24) is 0 Å². The molecule has 0 aliphatic heterocycles. The van der Waals surface area contributed by atoms with Crippen molar-refractivity contribution in [2.75, 3.05) is 0 Å². The molecule has 0 aromatic carbocycles. The summed E-state index contributed by atoms with van der Waals surface area (Å²) in [5, 5.41) is 0. The van der Waals surface area contributed by atoms with Crippen LogP contribution in [0.15, 0.2) is 0 Å². The fourth-order valence-corrected chi connectivity index (χ4v) is 1.68. The summed E-state index contributed by atoms with van der Waals surface area (Å²) in [6.45, 7) is 15.9. The van der Waals surface area contributed by atoms with Crippen LogP contribution in [-0.2, 0) is 0 Å². The van der Waals surface area contributed by atoms with Crippen molar-refractivity contribution in [3.63, 3.8) is 0 Å². The highest BCUT2D eigenvalue weighted by molar-refractivity contribution is 4.98. The first-order valence-electron chi connectivity index (χ1n) is 4.02. The highest BCUT2D eigenvalue weighted by Crippen LogP contribution is 2.28. The van der Waals surface area contributed by atoms with Crippen molar-refractivity contribution in [3.8, 4) is 0 Å². The van der Waals surface area contributed by atoms with Gasteiger partial charge in [-0.25, -0.2) is 13.1 Å². The lowest BCUT2D eigenvalue weighted by Gasteiger charge is -2.20. The SMILES string of the molecule is [C-]#[N+]C1CCCC([N+]#[C-])C1C. The Morgan fingerprint density at radius 1 is 1.09 bits per heavy atom. The Bertz CT molecular complexity index is 187. The van der Waals surface area contributed by atoms with Gasteiger partial charge in [0.25, 0.3) is 0 Å². The average molecular weight is 148 g/mol. The summed E-state index contributed by atoms with van der Waals surface area (Å²) >= 11 is 0. The lowest BCUT2D eigenvalue weighted by atomic mass is 9.82. The molecular weight excluding hydrogens is 136 g/mol. The van der Waals surface area contributed by atoms with E-state index in [0.29, 0.717) is 5.92 Å². The Kier molecular flexibility index (Phi) is 2.49. The molecule has 0 radical (unpaired) electrons. The van der Waals surface area contributed by atoms with Crippen LogP contribution >= 0.6 is 0 Å². The quantitative estimate of drug-likeness (QED) is 0.466. The Hall–Kier alpha value is -1.02. The van der Waals surface area contributed by atoms with E-state index in [1.54, 1.807) is 0 Å². The van der Waals surface area contributed by atoms with Gasteiger partial charge in [-0.1, -0.05) is 0 Å². The summed E-state index contributed by atoms with van der Waals surface area (Å²) < 4.78 is 0. The van der Waals surface area contributed by atoms with Crippen molar-refractivity contribution in [1.29, 1.82) is 0 Å². The van der Waals surface area contributed by atoms with Gasteiger partial charge in [-0.15, -0.1) is 0 Å². The molecule has 1 rings (SSSR count). The highest BCUT2D eigenvalue weighted by atomic mass is 14.8. The predicted octanol–water partition coefficient (Wildman–Crippen LogP) is 2.38. The van der Waals surface area contributed by atoms with Gasteiger partial charge in [0.1, 0.15) is 5.92 Å². The molecule has 2 nitrogen and oxygen atoms in total. The van der Waals surface area contributed by atoms with Gasteiger partial charge in [0, 0.05) is 12.8 Å². The first-order valence-corrected chi connectivity index (χ1v) is 4.02. The van der Waals surface area contributed by atoms with Crippen LogP contribution in [0.25, 0.3) is 9.69 Å². The molecule has 1 aliphatic carbocycles. The molecule has 0 spiro atoms. The molecule has 0 bridgehead atoms. The normalized spacial score (nSPS) is 37.2. The van der Waals surface area contributed by atoms with Gasteiger partial charge in [0.05, 0.1) is 0 Å². The van der Waals surface area contributed by atoms with Crippen LogP contribution in [0.4, 0.5) is 0 Å². The smallest absolute Gasteiger partial charge is 0.233 e. The zero-order valence-corrected chi connectivity index (χ0v) is 6.75. The summed E-state index contributed by atoms with van der Waals surface area (Å²) in [6.07, 6.45) is 3.05. The van der Waals surface area contributed by atoms with Gasteiger partial charge >= 0.3 is 0 Å². The molecule has 1 fully saturated rings. The summed E-state index contributed by atoms with van der Waals surface area (Å²) in [5.74, 6) is 0.291. The van der Waals surface area contributed by atoms with Crippen LogP contribution in [0, 0.1) is 19.1 Å². The van der Waals surface area contributed by atoms with Crippen LogP contribution in [0.3, 0.4) is 0 Å². The second-order valence-electron chi connectivity index (χ2n) is 3.18. The van der Waals surface area contributed by atoms with Gasteiger partial charge < -0.3 is 9.69 Å². The largest absolute Gasteiger partial charge is 0.313 e. The van der Waals surface area contributed by atoms with E-state index in [9.17, 15) is 0 Å². The molecule has 0 saturated heterocycles. The lowest BCUT2D eigenvalue weighted by Crippen LogP contribution is -2.29. The molecule has 0 N–H and O–H groups in total. The number of hydrogen-bond acceptors (Lipinski definition) is 0. The van der Waals surface area contributed by atoms with Crippen LogP contribution < -0.4 is 0 Å². The molecule has 0 heterocycles. The molecule has 2 unspecified atom stereocenters. The minimum Gasteiger partial charge on any atom is -0.313 e. The number of rotatable bonds is 0. The van der Waals surface area contributed by atoms with Crippen molar-refractivity contribution in [3.05, 3.63) is 22.8 Å². The molecule has 2 heteroatoms. The minimum atomic E-state index is 0.114. The Balaban J connectivity index is 2.62. The molecule has 11 heavy (non-hydrogen) atoms. The molecule has 0 aromatic heterocycles. The molecule has 0 amide bonds. The van der Waals surface area contributed by atoms with Crippen molar-refractivity contribution >= 4 is 0 Å². The third-order valence-electron chi connectivity index (χ3n) is 2.55. The van der Waals surface area contributed by atoms with Gasteiger partial charge in [0.15, 0.2) is 0 Å². The first-order chi connectivity index (χ1) is 5.29. The third-order valence-corrected chi connectivity index (χ3v) is 2.55. The second kappa shape index (κ2) is 3.39. The zero-order valence-electron chi connectivity index (χ0n) is 6.75. The van der Waals surface area contributed by atoms with Gasteiger partial charge in [0.2, 0.25) is 12.1 Å². The maximum Gasteiger partial charge on any atom is 0.233 e. The highest BCUT2D eigenvalue weighted by Gasteiger charge is 2.37. The van der Waals surface area contributed by atoms with Crippen LogP contribution in [0.5, 0.6) is 0 Å². The summed E-state index contributed by atoms with van der Waals surface area (Å²) in [7, 11) is 0. The average Bonchev–Trinajstić information content (AvgIpc) is 2.05. The Morgan fingerprint density at radius 2 is 1.55 bits per heavy atom. The lowest BCUT2D eigenvalue weighted by molar-refractivity contribution is 0.346. The minimum absolute atomic E-state index is 0.114. The van der Waals surface area contributed by atoms with E-state index in [0.717, 1.165) is 19.3 Å². The van der Waals surface area contributed by atoms with Crippen LogP contribution in [-0.4, -0.2) is 12.1 Å². The van der Waals surface area contributed by atoms with E-state index in [2.05, 4.69) is 9.69 Å². The number of nitrogens with zero attached hydrogens (tertiary/aromatic N) is 2. The predicted molar refractivity (Wildman–Crippen MR) is 43.8 cm³/mol. The molecule has 2 atom stereocenters. The topological polar surface area (TPSA) is 8.72 Å². The van der Waals surface area contributed by atoms with E-state index in [4.69, 9.17) is 13.1 Å². The molecule has 0 aromatic rings. The fourth-order valence-electron chi connectivity index (χ4n) is 1.68. The summed E-state index contributed by atoms with van der Waals surface area (Å²) in [5.41, 5.74) is 0. The van der Waals surface area contributed by atoms with E-state index in [1.807, 2.05) is 6.92 Å². The molecule has 1 aliphatic rings. The van der Waals surface area contributed by atoms with Crippen LogP contribution in [0.2, 0.25) is 0 Å². The standard InChI is InChI=1S/C9H12N2/c1-7-8(10-2)5-4-6-9(7)11-3/h7-9H,4-6H2,1H3. The van der Waals surface area contributed by atoms with Crippen LogP contribution in [0.1, 0.15) is 26.2 Å². The molecule has 58 valence electrons. The first kappa shape index (κ1) is 8.08. The molecule has 1 saturated carbocycles. The zero-order chi connectivity index (χ0) is 8.27. The summed E-state index contributed by atoms with van der Waals surface area (Å²) in [6, 6.07) is 0.227. The third kappa shape index (κ3) is 1.52. The molecular formula is C9H12N2. The summed E-state index contributed by atoms with van der Waals surface area (Å²) in [4.78, 5) is 7.07. The van der Waals surface area contributed by atoms with Gasteiger partial charge in [-0.2, -0.15) is 0 Å². The maximum absolute atomic E-state index is 6.91. The van der Waals surface area contributed by atoms with Crippen molar-refractivity contribution in [2.45, 2.75) is 38.3 Å². The van der Waals surface area contributed by atoms with E-state index < -0.39 is 0 Å². The Morgan fingerprint density at radius 3 is 1.91 bits per heavy atom.